The molecule has 20 heavy (non-hydrogen) atoms. The fraction of sp³-hybridized carbons (Fsp3) is 0.615. The molecular formula is C13H13F3N4. The molecule has 1 aliphatic carbocycles. The Morgan fingerprint density at radius 1 is 1.35 bits per heavy atom. The van der Waals surface area contributed by atoms with Crippen LogP contribution in [0.3, 0.4) is 0 Å². The highest BCUT2D eigenvalue weighted by Crippen LogP contribution is 2.66. The van der Waals surface area contributed by atoms with Crippen molar-refractivity contribution in [2.75, 3.05) is 18.0 Å². The van der Waals surface area contributed by atoms with Crippen LogP contribution >= 0.6 is 0 Å². The highest BCUT2D eigenvalue weighted by atomic mass is 19.4. The predicted octanol–water partition coefficient (Wildman–Crippen LogP) is 2.35. The Labute approximate surface area is 114 Å². The summed E-state index contributed by atoms with van der Waals surface area (Å²) >= 11 is 0. The number of nitrogens with zero attached hydrogens (tertiary/aromatic N) is 4. The van der Waals surface area contributed by atoms with Crippen LogP contribution in [0.15, 0.2) is 0 Å². The second kappa shape index (κ2) is 3.84. The van der Waals surface area contributed by atoms with Crippen LogP contribution in [0.25, 0.3) is 0 Å². The van der Waals surface area contributed by atoms with Crippen molar-refractivity contribution in [1.29, 1.82) is 5.26 Å². The Balaban J connectivity index is 1.95. The summed E-state index contributed by atoms with van der Waals surface area (Å²) in [5.41, 5.74) is 0.0376. The molecule has 7 heteroatoms. The Hall–Kier alpha value is -1.84. The monoisotopic (exact) mass is 282 g/mol. The van der Waals surface area contributed by atoms with E-state index in [0.29, 0.717) is 23.4 Å². The minimum absolute atomic E-state index is 0.118. The first-order chi connectivity index (χ1) is 9.30. The second-order valence-electron chi connectivity index (χ2n) is 5.66. The van der Waals surface area contributed by atoms with Crippen LogP contribution in [0.1, 0.15) is 23.2 Å². The molecule has 1 aromatic rings. The van der Waals surface area contributed by atoms with Crippen molar-refractivity contribution in [3.63, 3.8) is 0 Å². The van der Waals surface area contributed by atoms with Crippen LogP contribution in [-0.4, -0.2) is 29.5 Å². The van der Waals surface area contributed by atoms with Crippen LogP contribution in [-0.2, 0) is 0 Å². The summed E-state index contributed by atoms with van der Waals surface area (Å²) in [6, 6.07) is 2.04. The Morgan fingerprint density at radius 2 is 2.05 bits per heavy atom. The topological polar surface area (TPSA) is 52.8 Å². The molecule has 0 N–H and O–H groups in total. The number of alkyl halides is 3. The van der Waals surface area contributed by atoms with Gasteiger partial charge in [-0.1, -0.05) is 0 Å². The van der Waals surface area contributed by atoms with Crippen LogP contribution in [0.2, 0.25) is 0 Å². The fourth-order valence-electron chi connectivity index (χ4n) is 3.03. The van der Waals surface area contributed by atoms with Crippen molar-refractivity contribution in [2.24, 2.45) is 11.3 Å². The molecule has 1 aromatic heterocycles. The number of halogens is 3. The maximum Gasteiger partial charge on any atom is 0.396 e. The number of hydrogen-bond donors (Lipinski definition) is 0. The van der Waals surface area contributed by atoms with E-state index < -0.39 is 11.6 Å². The number of rotatable bonds is 1. The van der Waals surface area contributed by atoms with Gasteiger partial charge in [-0.05, 0) is 31.7 Å². The van der Waals surface area contributed by atoms with Gasteiger partial charge in [0, 0.05) is 13.1 Å². The molecule has 1 saturated heterocycles. The van der Waals surface area contributed by atoms with E-state index in [1.165, 1.54) is 0 Å². The zero-order valence-corrected chi connectivity index (χ0v) is 11.1. The van der Waals surface area contributed by atoms with E-state index in [4.69, 9.17) is 0 Å². The van der Waals surface area contributed by atoms with E-state index in [1.54, 1.807) is 18.7 Å². The third-order valence-electron chi connectivity index (χ3n) is 4.56. The molecule has 1 aliphatic heterocycles. The zero-order chi connectivity index (χ0) is 14.7. The van der Waals surface area contributed by atoms with Gasteiger partial charge in [-0.25, -0.2) is 0 Å². The van der Waals surface area contributed by atoms with Gasteiger partial charge in [0.25, 0.3) is 0 Å². The smallest absolute Gasteiger partial charge is 0.353 e. The molecule has 0 radical (unpaired) electrons. The first kappa shape index (κ1) is 13.2. The van der Waals surface area contributed by atoms with Gasteiger partial charge in [0.05, 0.1) is 11.1 Å². The molecule has 2 heterocycles. The molecule has 3 rings (SSSR count). The molecular weight excluding hydrogens is 269 g/mol. The van der Waals surface area contributed by atoms with Gasteiger partial charge in [-0.2, -0.15) is 23.5 Å². The van der Waals surface area contributed by atoms with E-state index in [2.05, 4.69) is 10.2 Å². The lowest BCUT2D eigenvalue weighted by Crippen LogP contribution is -2.34. The van der Waals surface area contributed by atoms with Crippen molar-refractivity contribution in [3.05, 3.63) is 16.8 Å². The van der Waals surface area contributed by atoms with Crippen LogP contribution in [0.4, 0.5) is 19.0 Å². The van der Waals surface area contributed by atoms with Gasteiger partial charge < -0.3 is 4.90 Å². The molecule has 2 atom stereocenters. The molecule has 2 fully saturated rings. The van der Waals surface area contributed by atoms with Crippen LogP contribution in [0.5, 0.6) is 0 Å². The maximum absolute atomic E-state index is 13.1. The molecule has 0 spiro atoms. The van der Waals surface area contributed by atoms with Gasteiger partial charge in [-0.3, -0.25) is 0 Å². The van der Waals surface area contributed by atoms with E-state index in [-0.39, 0.29) is 24.7 Å². The largest absolute Gasteiger partial charge is 0.396 e. The number of fused-ring (bicyclic) bond motifs is 1. The first-order valence-electron chi connectivity index (χ1n) is 6.36. The molecule has 2 unspecified atom stereocenters. The number of hydrogen-bond acceptors (Lipinski definition) is 4. The van der Waals surface area contributed by atoms with Crippen molar-refractivity contribution in [2.45, 2.75) is 26.4 Å². The summed E-state index contributed by atoms with van der Waals surface area (Å²) in [6.45, 7) is 3.65. The highest BCUT2D eigenvalue weighted by molar-refractivity contribution is 5.59. The SMILES string of the molecule is Cc1nnc(N2CC3CC3(C(F)(F)F)C2)c(C#N)c1C. The van der Waals surface area contributed by atoms with Crippen molar-refractivity contribution >= 4 is 5.82 Å². The van der Waals surface area contributed by atoms with Gasteiger partial charge in [0.2, 0.25) is 0 Å². The standard InChI is InChI=1S/C13H13F3N4/c1-7-8(2)18-19-11(10(7)4-17)20-5-9-3-12(9,6-20)13(14,15)16/h9H,3,5-6H2,1-2H3. The fourth-order valence-corrected chi connectivity index (χ4v) is 3.03. The minimum atomic E-state index is -4.19. The number of piperidine rings is 1. The molecule has 4 nitrogen and oxygen atoms in total. The molecule has 2 aliphatic rings. The number of aryl methyl sites for hydroxylation is 1. The average Bonchev–Trinajstić information content (AvgIpc) is 2.95. The minimum Gasteiger partial charge on any atom is -0.353 e. The summed E-state index contributed by atoms with van der Waals surface area (Å²) < 4.78 is 39.2. The average molecular weight is 282 g/mol. The Bertz CT molecular complexity index is 619. The van der Waals surface area contributed by atoms with Crippen molar-refractivity contribution in [3.8, 4) is 6.07 Å². The number of anilines is 1. The summed E-state index contributed by atoms with van der Waals surface area (Å²) in [7, 11) is 0. The Morgan fingerprint density at radius 3 is 2.60 bits per heavy atom. The zero-order valence-electron chi connectivity index (χ0n) is 11.1. The van der Waals surface area contributed by atoms with E-state index >= 15 is 0 Å². The molecule has 106 valence electrons. The highest BCUT2D eigenvalue weighted by Gasteiger charge is 2.74. The molecule has 0 bridgehead atoms. The lowest BCUT2D eigenvalue weighted by molar-refractivity contribution is -0.184. The molecule has 0 amide bonds. The quantitative estimate of drug-likeness (QED) is 0.793. The number of nitriles is 1. The van der Waals surface area contributed by atoms with Gasteiger partial charge in [0.1, 0.15) is 11.6 Å². The van der Waals surface area contributed by atoms with E-state index in [9.17, 15) is 18.4 Å². The molecule has 1 saturated carbocycles. The van der Waals surface area contributed by atoms with Crippen molar-refractivity contribution in [1.82, 2.24) is 10.2 Å². The molecule has 0 aromatic carbocycles. The summed E-state index contributed by atoms with van der Waals surface area (Å²) in [5.74, 6) is -0.0936. The third kappa shape index (κ3) is 1.60. The van der Waals surface area contributed by atoms with Gasteiger partial charge in [-0.15, -0.1) is 5.10 Å². The second-order valence-corrected chi connectivity index (χ2v) is 5.66. The van der Waals surface area contributed by atoms with Gasteiger partial charge >= 0.3 is 6.18 Å². The maximum atomic E-state index is 13.1. The third-order valence-corrected chi connectivity index (χ3v) is 4.56. The Kier molecular flexibility index (Phi) is 2.53. The first-order valence-corrected chi connectivity index (χ1v) is 6.36. The van der Waals surface area contributed by atoms with Crippen molar-refractivity contribution < 1.29 is 13.2 Å². The van der Waals surface area contributed by atoms with Crippen LogP contribution < -0.4 is 4.90 Å². The number of aromatic nitrogens is 2. The van der Waals surface area contributed by atoms with E-state index in [0.717, 1.165) is 0 Å². The van der Waals surface area contributed by atoms with E-state index in [1.807, 2.05) is 6.07 Å². The summed E-state index contributed by atoms with van der Waals surface area (Å²) in [4.78, 5) is 1.56. The lowest BCUT2D eigenvalue weighted by Gasteiger charge is -2.24. The predicted molar refractivity (Wildman–Crippen MR) is 65.0 cm³/mol. The summed E-state index contributed by atoms with van der Waals surface area (Å²) in [6.07, 6.45) is -4.00. The van der Waals surface area contributed by atoms with Gasteiger partial charge in [0.15, 0.2) is 5.82 Å². The normalized spacial score (nSPS) is 28.2. The summed E-state index contributed by atoms with van der Waals surface area (Å²) in [5, 5.41) is 17.1. The lowest BCUT2D eigenvalue weighted by atomic mass is 10.1. The van der Waals surface area contributed by atoms with Crippen LogP contribution in [0, 0.1) is 36.5 Å².